The van der Waals surface area contributed by atoms with Gasteiger partial charge in [-0.3, -0.25) is 14.6 Å². The Bertz CT molecular complexity index is 1020. The summed E-state index contributed by atoms with van der Waals surface area (Å²) in [5.74, 6) is -1.35. The highest BCUT2D eigenvalue weighted by Gasteiger charge is 2.33. The van der Waals surface area contributed by atoms with Gasteiger partial charge in [-0.2, -0.15) is 4.31 Å². The predicted molar refractivity (Wildman–Crippen MR) is 114 cm³/mol. The van der Waals surface area contributed by atoms with Gasteiger partial charge in [0.25, 0.3) is 5.91 Å². The molecule has 30 heavy (non-hydrogen) atoms. The minimum Gasteiger partial charge on any atom is -0.455 e. The third kappa shape index (κ3) is 5.44. The Balaban J connectivity index is 1.48. The van der Waals surface area contributed by atoms with Crippen LogP contribution in [0.4, 0.5) is 5.69 Å². The molecule has 0 aliphatic carbocycles. The van der Waals surface area contributed by atoms with Crippen molar-refractivity contribution in [3.05, 3.63) is 52.8 Å². The van der Waals surface area contributed by atoms with E-state index in [-0.39, 0.29) is 24.6 Å². The molecule has 0 unspecified atom stereocenters. The van der Waals surface area contributed by atoms with E-state index >= 15 is 0 Å². The van der Waals surface area contributed by atoms with Gasteiger partial charge in [-0.05, 0) is 55.7 Å². The molecule has 1 aliphatic heterocycles. The first-order valence-electron chi connectivity index (χ1n) is 9.40. The largest absolute Gasteiger partial charge is 0.455 e. The second kappa shape index (κ2) is 9.67. The van der Waals surface area contributed by atoms with Gasteiger partial charge in [0, 0.05) is 35.6 Å². The van der Waals surface area contributed by atoms with Gasteiger partial charge < -0.3 is 10.1 Å². The lowest BCUT2D eigenvalue weighted by Crippen LogP contribution is -2.41. The predicted octanol–water partition coefficient (Wildman–Crippen LogP) is 2.74. The number of nitrogens with one attached hydrogen (secondary N) is 1. The highest BCUT2D eigenvalue weighted by atomic mass is 79.9. The zero-order valence-electron chi connectivity index (χ0n) is 16.4. The molecule has 160 valence electrons. The van der Waals surface area contributed by atoms with Crippen LogP contribution in [0, 0.1) is 12.8 Å². The Hall–Kier alpha value is -2.30. The molecule has 3 rings (SSSR count). The van der Waals surface area contributed by atoms with Crippen molar-refractivity contribution >= 4 is 43.5 Å². The smallest absolute Gasteiger partial charge is 0.309 e. The first kappa shape index (κ1) is 22.4. The normalized spacial score (nSPS) is 15.5. The van der Waals surface area contributed by atoms with Gasteiger partial charge in [0.15, 0.2) is 6.61 Å². The molecule has 1 aliphatic rings. The number of hydrogen-bond donors (Lipinski definition) is 1. The zero-order chi connectivity index (χ0) is 21.7. The number of aryl methyl sites for hydroxylation is 1. The van der Waals surface area contributed by atoms with E-state index in [9.17, 15) is 18.0 Å². The van der Waals surface area contributed by atoms with Gasteiger partial charge in [-0.25, -0.2) is 8.42 Å². The van der Waals surface area contributed by atoms with Crippen molar-refractivity contribution in [1.82, 2.24) is 9.29 Å². The van der Waals surface area contributed by atoms with Crippen molar-refractivity contribution in [3.63, 3.8) is 0 Å². The summed E-state index contributed by atoms with van der Waals surface area (Å²) in [6.07, 6.45) is 3.49. The minimum absolute atomic E-state index is 0.130. The van der Waals surface area contributed by atoms with Gasteiger partial charge in [-0.15, -0.1) is 0 Å². The lowest BCUT2D eigenvalue weighted by atomic mass is 9.98. The maximum Gasteiger partial charge on any atom is 0.309 e. The molecule has 1 fully saturated rings. The molecule has 1 aromatic carbocycles. The molecule has 2 aromatic rings. The van der Waals surface area contributed by atoms with Crippen LogP contribution in [0.3, 0.4) is 0 Å². The third-order valence-corrected chi connectivity index (χ3v) is 7.24. The van der Waals surface area contributed by atoms with Crippen molar-refractivity contribution in [2.75, 3.05) is 25.0 Å². The fourth-order valence-corrected chi connectivity index (χ4v) is 5.10. The molecule has 10 heteroatoms. The Morgan fingerprint density at radius 3 is 2.63 bits per heavy atom. The van der Waals surface area contributed by atoms with Crippen molar-refractivity contribution in [2.45, 2.75) is 24.7 Å². The number of benzene rings is 1. The molecule has 0 saturated carbocycles. The topological polar surface area (TPSA) is 106 Å². The monoisotopic (exact) mass is 495 g/mol. The lowest BCUT2D eigenvalue weighted by molar-refractivity contribution is -0.152. The second-order valence-corrected chi connectivity index (χ2v) is 9.84. The van der Waals surface area contributed by atoms with Crippen molar-refractivity contribution in [3.8, 4) is 0 Å². The van der Waals surface area contributed by atoms with Crippen molar-refractivity contribution < 1.29 is 22.7 Å². The highest BCUT2D eigenvalue weighted by molar-refractivity contribution is 9.10. The van der Waals surface area contributed by atoms with Crippen LogP contribution in [0.2, 0.25) is 0 Å². The van der Waals surface area contributed by atoms with Crippen LogP contribution in [0.15, 0.2) is 52.1 Å². The van der Waals surface area contributed by atoms with Gasteiger partial charge in [-0.1, -0.05) is 15.9 Å². The second-order valence-electron chi connectivity index (χ2n) is 6.98. The van der Waals surface area contributed by atoms with Crippen LogP contribution in [-0.2, 0) is 24.3 Å². The van der Waals surface area contributed by atoms with Crippen LogP contribution >= 0.6 is 15.9 Å². The maximum atomic E-state index is 12.6. The Kier molecular flexibility index (Phi) is 7.22. The number of ether oxygens (including phenoxy) is 1. The Morgan fingerprint density at radius 1 is 1.27 bits per heavy atom. The van der Waals surface area contributed by atoms with Crippen LogP contribution in [-0.4, -0.2) is 49.3 Å². The van der Waals surface area contributed by atoms with Crippen molar-refractivity contribution in [2.24, 2.45) is 5.92 Å². The fourth-order valence-electron chi connectivity index (χ4n) is 3.19. The number of piperidine rings is 1. The van der Waals surface area contributed by atoms with Gasteiger partial charge in [0.2, 0.25) is 10.0 Å². The number of rotatable bonds is 6. The standard InChI is InChI=1S/C20H22BrN3O5S/c1-14-11-16(21)4-5-18(14)23-19(25)13-29-20(26)15-6-9-24(10-7-15)30(27,28)17-3-2-8-22-12-17/h2-5,8,11-12,15H,6-7,9-10,13H2,1H3,(H,23,25). The number of carbonyl (C=O) groups is 2. The molecule has 0 radical (unpaired) electrons. The average Bonchev–Trinajstić information content (AvgIpc) is 2.75. The highest BCUT2D eigenvalue weighted by Crippen LogP contribution is 2.24. The van der Waals surface area contributed by atoms with E-state index in [1.165, 1.54) is 22.8 Å². The summed E-state index contributed by atoms with van der Waals surface area (Å²) in [7, 11) is -3.63. The Morgan fingerprint density at radius 2 is 2.00 bits per heavy atom. The number of sulfonamides is 1. The van der Waals surface area contributed by atoms with E-state index in [1.54, 1.807) is 12.1 Å². The molecule has 0 spiro atoms. The lowest BCUT2D eigenvalue weighted by Gasteiger charge is -2.29. The number of esters is 1. The summed E-state index contributed by atoms with van der Waals surface area (Å²) in [4.78, 5) is 28.4. The number of hydrogen-bond acceptors (Lipinski definition) is 6. The van der Waals surface area contributed by atoms with E-state index in [0.717, 1.165) is 10.0 Å². The molecule has 0 bridgehead atoms. The molecule has 1 aromatic heterocycles. The van der Waals surface area contributed by atoms with Crippen LogP contribution < -0.4 is 5.32 Å². The van der Waals surface area contributed by atoms with Crippen LogP contribution in [0.5, 0.6) is 0 Å². The third-order valence-electron chi connectivity index (χ3n) is 4.87. The Labute approximate surface area is 183 Å². The maximum absolute atomic E-state index is 12.6. The zero-order valence-corrected chi connectivity index (χ0v) is 18.8. The first-order chi connectivity index (χ1) is 14.3. The molecule has 8 nitrogen and oxygen atoms in total. The summed E-state index contributed by atoms with van der Waals surface area (Å²) < 4.78 is 32.6. The molecule has 1 saturated heterocycles. The van der Waals surface area contributed by atoms with Crippen LogP contribution in [0.25, 0.3) is 0 Å². The molecule has 0 atom stereocenters. The molecule has 2 heterocycles. The van der Waals surface area contributed by atoms with Gasteiger partial charge in [0.1, 0.15) is 4.90 Å². The summed E-state index contributed by atoms with van der Waals surface area (Å²) in [6, 6.07) is 8.50. The number of aromatic nitrogens is 1. The average molecular weight is 496 g/mol. The van der Waals surface area contributed by atoms with E-state index in [0.29, 0.717) is 18.5 Å². The number of amides is 1. The summed E-state index contributed by atoms with van der Waals surface area (Å²) in [5, 5.41) is 2.71. The van der Waals surface area contributed by atoms with E-state index < -0.39 is 27.8 Å². The summed E-state index contributed by atoms with van der Waals surface area (Å²) in [6.45, 7) is 1.89. The molecular weight excluding hydrogens is 474 g/mol. The quantitative estimate of drug-likeness (QED) is 0.617. The van der Waals surface area contributed by atoms with E-state index in [4.69, 9.17) is 4.74 Å². The van der Waals surface area contributed by atoms with E-state index in [1.807, 2.05) is 19.1 Å². The number of anilines is 1. The number of carbonyl (C=O) groups excluding carboxylic acids is 2. The fraction of sp³-hybridized carbons (Fsp3) is 0.350. The molecule has 1 N–H and O–H groups in total. The summed E-state index contributed by atoms with van der Waals surface area (Å²) in [5.41, 5.74) is 1.53. The van der Waals surface area contributed by atoms with Gasteiger partial charge in [0.05, 0.1) is 5.92 Å². The van der Waals surface area contributed by atoms with Crippen molar-refractivity contribution in [1.29, 1.82) is 0 Å². The SMILES string of the molecule is Cc1cc(Br)ccc1NC(=O)COC(=O)C1CCN(S(=O)(=O)c2cccnc2)CC1. The first-order valence-corrected chi connectivity index (χ1v) is 11.6. The molecule has 1 amide bonds. The number of pyridine rings is 1. The van der Waals surface area contributed by atoms with Crippen LogP contribution in [0.1, 0.15) is 18.4 Å². The number of nitrogens with zero attached hydrogens (tertiary/aromatic N) is 2. The summed E-state index contributed by atoms with van der Waals surface area (Å²) >= 11 is 3.36. The van der Waals surface area contributed by atoms with E-state index in [2.05, 4.69) is 26.2 Å². The minimum atomic E-state index is -3.63. The van der Waals surface area contributed by atoms with Gasteiger partial charge >= 0.3 is 5.97 Å². The number of halogens is 1. The molecular formula is C20H22BrN3O5S.